The Morgan fingerprint density at radius 3 is 2.40 bits per heavy atom. The Hall–Kier alpha value is -0.960. The molecule has 0 aliphatic rings. The number of carbonyl (C=O) groups is 1. The molecule has 0 aromatic carbocycles. The topological polar surface area (TPSA) is 94.8 Å². The summed E-state index contributed by atoms with van der Waals surface area (Å²) in [5, 5.41) is 3.76. The van der Waals surface area contributed by atoms with Crippen LogP contribution in [0.1, 0.15) is 26.7 Å². The van der Waals surface area contributed by atoms with Gasteiger partial charge in [-0.1, -0.05) is 13.5 Å². The highest BCUT2D eigenvalue weighted by atomic mass is 32.3. The maximum Gasteiger partial charge on any atom is 0.402 e. The Morgan fingerprint density at radius 1 is 1.45 bits per heavy atom. The molecular weight excluding hydrogens is 284 g/mol. The first-order valence-electron chi connectivity index (χ1n) is 6.35. The molecule has 0 aromatic heterocycles. The fourth-order valence-corrected chi connectivity index (χ4v) is 2.40. The quantitative estimate of drug-likeness (QED) is 0.301. The molecule has 0 rings (SSSR count). The molecule has 0 aliphatic heterocycles. The first-order chi connectivity index (χ1) is 8.99. The molecule has 0 aromatic rings. The molecule has 1 atom stereocenters. The maximum atomic E-state index is 11.3. The lowest BCUT2D eigenvalue weighted by Crippen LogP contribution is -2.51. The van der Waals surface area contributed by atoms with Gasteiger partial charge in [0.2, 0.25) is 6.23 Å². The third-order valence-corrected chi connectivity index (χ3v) is 3.27. The molecule has 1 N–H and O–H groups in total. The molecular formula is C12H24N2O5S. The van der Waals surface area contributed by atoms with Gasteiger partial charge in [-0.05, 0) is 18.9 Å². The van der Waals surface area contributed by atoms with Gasteiger partial charge in [0.25, 0.3) is 0 Å². The first-order valence-corrected chi connectivity index (χ1v) is 7.72. The van der Waals surface area contributed by atoms with Gasteiger partial charge in [-0.3, -0.25) is 4.55 Å². The first kappa shape index (κ1) is 19.0. The van der Waals surface area contributed by atoms with Crippen molar-refractivity contribution in [3.05, 3.63) is 17.5 Å². The van der Waals surface area contributed by atoms with Gasteiger partial charge in [0.1, 0.15) is 0 Å². The van der Waals surface area contributed by atoms with Crippen LogP contribution < -0.4 is 0 Å². The summed E-state index contributed by atoms with van der Waals surface area (Å²) < 4.78 is 35.6. The van der Waals surface area contributed by atoms with E-state index in [1.54, 1.807) is 21.0 Å². The predicted octanol–water partition coefficient (Wildman–Crippen LogP) is 1.48. The van der Waals surface area contributed by atoms with E-state index >= 15 is 0 Å². The molecule has 0 saturated carbocycles. The van der Waals surface area contributed by atoms with Crippen LogP contribution in [0.15, 0.2) is 12.2 Å². The highest BCUT2D eigenvalue weighted by Gasteiger charge is 2.31. The molecule has 7 nitrogen and oxygen atoms in total. The Morgan fingerprint density at radius 2 is 2.00 bits per heavy atom. The predicted molar refractivity (Wildman–Crippen MR) is 76.4 cm³/mol. The number of hydrogen-bond donors (Lipinski definition) is 1. The van der Waals surface area contributed by atoms with Gasteiger partial charge in [0.05, 0.1) is 26.5 Å². The van der Waals surface area contributed by atoms with Gasteiger partial charge in [-0.15, -0.1) is 6.54 Å². The molecule has 1 unspecified atom stereocenters. The fourth-order valence-electron chi connectivity index (χ4n) is 1.79. The van der Waals surface area contributed by atoms with Crippen LogP contribution in [0.5, 0.6) is 0 Å². The molecule has 0 spiro atoms. The van der Waals surface area contributed by atoms with Crippen molar-refractivity contribution in [1.29, 1.82) is 0 Å². The van der Waals surface area contributed by atoms with Gasteiger partial charge in [0, 0.05) is 6.42 Å². The van der Waals surface area contributed by atoms with Gasteiger partial charge < -0.3 is 14.6 Å². The van der Waals surface area contributed by atoms with Crippen molar-refractivity contribution in [1.82, 2.24) is 0 Å². The number of rotatable bonds is 9. The molecule has 0 aliphatic carbocycles. The second-order valence-electron chi connectivity index (χ2n) is 5.24. The van der Waals surface area contributed by atoms with Crippen molar-refractivity contribution in [3.63, 3.8) is 0 Å². The minimum Gasteiger partial charge on any atom is -0.649 e. The Labute approximate surface area is 121 Å². The lowest BCUT2D eigenvalue weighted by Gasteiger charge is -2.37. The van der Waals surface area contributed by atoms with Crippen LogP contribution in [0, 0.1) is 0 Å². The largest absolute Gasteiger partial charge is 0.649 e. The highest BCUT2D eigenvalue weighted by Crippen LogP contribution is 2.17. The summed E-state index contributed by atoms with van der Waals surface area (Å²) in [7, 11) is -0.968. The van der Waals surface area contributed by atoms with E-state index in [1.165, 1.54) is 0 Å². The molecule has 0 bridgehead atoms. The van der Waals surface area contributed by atoms with Crippen molar-refractivity contribution >= 4 is 16.3 Å². The van der Waals surface area contributed by atoms with Crippen LogP contribution in [0.25, 0.3) is 5.32 Å². The van der Waals surface area contributed by atoms with Crippen LogP contribution >= 0.6 is 0 Å². The van der Waals surface area contributed by atoms with Crippen LogP contribution in [-0.4, -0.2) is 56.8 Å². The van der Waals surface area contributed by atoms with E-state index in [2.05, 4.69) is 11.9 Å². The van der Waals surface area contributed by atoms with E-state index in [1.807, 2.05) is 6.92 Å². The van der Waals surface area contributed by atoms with Crippen LogP contribution in [0.2, 0.25) is 0 Å². The second-order valence-corrected chi connectivity index (χ2v) is 6.28. The maximum absolute atomic E-state index is 11.3. The third-order valence-electron chi connectivity index (χ3n) is 2.81. The van der Waals surface area contributed by atoms with Crippen LogP contribution in [-0.2, 0) is 19.4 Å². The molecule has 118 valence electrons. The summed E-state index contributed by atoms with van der Waals surface area (Å²) in [4.78, 5) is 11.3. The van der Waals surface area contributed by atoms with Crippen LogP contribution in [0.3, 0.4) is 0 Å². The van der Waals surface area contributed by atoms with Gasteiger partial charge in [-0.25, -0.2) is 0 Å². The summed E-state index contributed by atoms with van der Waals surface area (Å²) in [6, 6.07) is 0. The zero-order valence-electron chi connectivity index (χ0n) is 12.5. The van der Waals surface area contributed by atoms with Crippen molar-refractivity contribution in [2.75, 3.05) is 27.2 Å². The smallest absolute Gasteiger partial charge is 0.402 e. The zero-order valence-corrected chi connectivity index (χ0v) is 13.3. The minimum absolute atomic E-state index is 0.108. The van der Waals surface area contributed by atoms with E-state index < -0.39 is 22.5 Å². The molecule has 1 amide bonds. The minimum atomic E-state index is -4.55. The lowest BCUT2D eigenvalue weighted by molar-refractivity contribution is -0.933. The summed E-state index contributed by atoms with van der Waals surface area (Å²) in [6.07, 6.45) is 0.220. The van der Waals surface area contributed by atoms with Crippen molar-refractivity contribution in [3.8, 4) is 0 Å². The van der Waals surface area contributed by atoms with E-state index in [0.29, 0.717) is 12.1 Å². The third kappa shape index (κ3) is 7.59. The summed E-state index contributed by atoms with van der Waals surface area (Å²) in [5.74, 6) is -0.420. The number of nitrogens with zero attached hydrogens (tertiary/aromatic N) is 2. The summed E-state index contributed by atoms with van der Waals surface area (Å²) in [5.41, 5.74) is 0.319. The fraction of sp³-hybridized carbons (Fsp3) is 0.750. The molecule has 0 fully saturated rings. The summed E-state index contributed by atoms with van der Waals surface area (Å²) >= 11 is 0. The highest BCUT2D eigenvalue weighted by molar-refractivity contribution is 7.80. The second kappa shape index (κ2) is 7.72. The number of hydrogen-bond acceptors (Lipinski definition) is 4. The average molecular weight is 308 g/mol. The number of carbonyl (C=O) groups excluding carboxylic acids is 1. The molecule has 0 radical (unpaired) electrons. The van der Waals surface area contributed by atoms with Gasteiger partial charge in [-0.2, -0.15) is 12.6 Å². The SMILES string of the molecule is C=C(C)C(=O)[N-]CCC(OS(=O)(=O)O)[N+](C)(C)CCC. The monoisotopic (exact) mass is 308 g/mol. The zero-order chi connectivity index (χ0) is 16.0. The van der Waals surface area contributed by atoms with Crippen molar-refractivity contribution < 1.29 is 26.4 Å². The van der Waals surface area contributed by atoms with Gasteiger partial charge in [0.15, 0.2) is 0 Å². The molecule has 20 heavy (non-hydrogen) atoms. The van der Waals surface area contributed by atoms with E-state index in [0.717, 1.165) is 6.42 Å². The van der Waals surface area contributed by atoms with E-state index in [-0.39, 0.29) is 17.4 Å². The van der Waals surface area contributed by atoms with Crippen molar-refractivity contribution in [2.24, 2.45) is 0 Å². The van der Waals surface area contributed by atoms with Crippen molar-refractivity contribution in [2.45, 2.75) is 32.9 Å². The average Bonchev–Trinajstić information content (AvgIpc) is 2.25. The van der Waals surface area contributed by atoms with E-state index in [4.69, 9.17) is 8.74 Å². The lowest BCUT2D eigenvalue weighted by atomic mass is 10.2. The summed E-state index contributed by atoms with van der Waals surface area (Å²) in [6.45, 7) is 7.75. The Balaban J connectivity index is 4.71. The normalized spacial score (nSPS) is 13.8. The molecule has 0 saturated heterocycles. The van der Waals surface area contributed by atoms with Crippen LogP contribution in [0.4, 0.5) is 0 Å². The number of amides is 1. The number of quaternary nitrogens is 1. The standard InChI is InChI=1S/C12H24N2O5S/c1-6-9-14(4,5)11(19-20(16,17)18)7-8-13-12(15)10(2)3/h11H,2,6-9H2,1,3-5H3,(H-,13,15,16,17,18). The molecule has 8 heteroatoms. The Kier molecular flexibility index (Phi) is 7.35. The Bertz CT molecular complexity index is 445. The molecule has 0 heterocycles. The van der Waals surface area contributed by atoms with E-state index in [9.17, 15) is 13.2 Å². The van der Waals surface area contributed by atoms with Gasteiger partial charge >= 0.3 is 10.4 Å².